The van der Waals surface area contributed by atoms with Gasteiger partial charge in [0.15, 0.2) is 0 Å². The molecule has 0 spiro atoms. The molecule has 0 bridgehead atoms. The zero-order valence-electron chi connectivity index (χ0n) is 11.6. The van der Waals surface area contributed by atoms with E-state index < -0.39 is 0 Å². The molecule has 4 heteroatoms. The van der Waals surface area contributed by atoms with Gasteiger partial charge in [-0.1, -0.05) is 35.9 Å². The van der Waals surface area contributed by atoms with E-state index in [1.54, 1.807) is 12.3 Å². The van der Waals surface area contributed by atoms with Gasteiger partial charge in [-0.3, -0.25) is 5.32 Å². The van der Waals surface area contributed by atoms with E-state index in [1.165, 1.54) is 5.56 Å². The Bertz CT molecular complexity index is 618. The maximum atomic E-state index is 11.7. The molecule has 0 aliphatic rings. The number of hydrogen-bond acceptors (Lipinski definition) is 2. The lowest BCUT2D eigenvalue weighted by Crippen LogP contribution is -2.24. The molecule has 0 unspecified atom stereocenters. The number of nitrogens with one attached hydrogen (secondary N) is 2. The highest BCUT2D eigenvalue weighted by Crippen LogP contribution is 2.05. The lowest BCUT2D eigenvalue weighted by Gasteiger charge is -2.04. The summed E-state index contributed by atoms with van der Waals surface area (Å²) >= 11 is 0. The van der Waals surface area contributed by atoms with E-state index in [2.05, 4.69) is 15.6 Å². The zero-order valence-corrected chi connectivity index (χ0v) is 11.6. The van der Waals surface area contributed by atoms with E-state index in [4.69, 9.17) is 0 Å². The number of carbonyl (C=O) groups is 1. The first-order chi connectivity index (χ1) is 9.63. The molecule has 0 radical (unpaired) electrons. The molecule has 0 aliphatic carbocycles. The highest BCUT2D eigenvalue weighted by molar-refractivity contribution is 5.89. The van der Waals surface area contributed by atoms with Crippen LogP contribution in [0.2, 0.25) is 0 Å². The smallest absolute Gasteiger partial charge is 0.314 e. The Balaban J connectivity index is 1.87. The van der Waals surface area contributed by atoms with Crippen molar-refractivity contribution in [1.82, 2.24) is 10.3 Å². The molecular weight excluding hydrogens is 250 g/mol. The molecule has 2 aromatic rings. The molecule has 1 aromatic carbocycles. The Hall–Kier alpha value is -2.62. The summed E-state index contributed by atoms with van der Waals surface area (Å²) in [5, 5.41) is 5.31. The maximum Gasteiger partial charge on any atom is 0.324 e. The van der Waals surface area contributed by atoms with E-state index in [0.717, 1.165) is 11.3 Å². The van der Waals surface area contributed by atoms with Crippen LogP contribution in [0.15, 0.2) is 48.7 Å². The van der Waals surface area contributed by atoms with E-state index in [0.29, 0.717) is 5.82 Å². The summed E-state index contributed by atoms with van der Waals surface area (Å²) in [6.45, 7) is 3.91. The monoisotopic (exact) mass is 267 g/mol. The van der Waals surface area contributed by atoms with Crippen LogP contribution in [0.1, 0.15) is 16.8 Å². The second-order valence-electron chi connectivity index (χ2n) is 4.51. The summed E-state index contributed by atoms with van der Waals surface area (Å²) in [6.07, 6.45) is 3.44. The standard InChI is InChI=1S/C16H17N3O/c1-12-6-8-14(9-7-12)10-11-17-16(20)19-15-5-3-4-13(2)18-15/h3-11H,1-2H3,(H2,17,18,19,20)/b11-10+. The van der Waals surface area contributed by atoms with Crippen molar-refractivity contribution in [3.05, 3.63) is 65.5 Å². The minimum atomic E-state index is -0.313. The third kappa shape index (κ3) is 4.24. The number of rotatable bonds is 3. The molecular formula is C16H17N3O. The Morgan fingerprint density at radius 3 is 2.55 bits per heavy atom. The van der Waals surface area contributed by atoms with Gasteiger partial charge in [0, 0.05) is 11.9 Å². The topological polar surface area (TPSA) is 54.0 Å². The van der Waals surface area contributed by atoms with Gasteiger partial charge >= 0.3 is 6.03 Å². The summed E-state index contributed by atoms with van der Waals surface area (Å²) in [4.78, 5) is 15.8. The predicted octanol–water partition coefficient (Wildman–Crippen LogP) is 3.49. The number of amides is 2. The van der Waals surface area contributed by atoms with Crippen LogP contribution in [0.3, 0.4) is 0 Å². The third-order valence-corrected chi connectivity index (χ3v) is 2.70. The number of aromatic nitrogens is 1. The van der Waals surface area contributed by atoms with Crippen molar-refractivity contribution in [3.8, 4) is 0 Å². The van der Waals surface area contributed by atoms with Crippen LogP contribution in [-0.2, 0) is 0 Å². The number of nitrogens with zero attached hydrogens (tertiary/aromatic N) is 1. The van der Waals surface area contributed by atoms with Gasteiger partial charge in [-0.15, -0.1) is 0 Å². The minimum Gasteiger partial charge on any atom is -0.314 e. The minimum absolute atomic E-state index is 0.313. The van der Waals surface area contributed by atoms with Crippen molar-refractivity contribution in [2.45, 2.75) is 13.8 Å². The molecule has 0 saturated carbocycles. The SMILES string of the molecule is Cc1ccc(/C=C/NC(=O)Nc2cccc(C)n2)cc1. The van der Waals surface area contributed by atoms with E-state index >= 15 is 0 Å². The number of urea groups is 1. The van der Waals surface area contributed by atoms with Crippen LogP contribution in [0.4, 0.5) is 10.6 Å². The largest absolute Gasteiger partial charge is 0.324 e. The number of aryl methyl sites for hydroxylation is 2. The summed E-state index contributed by atoms with van der Waals surface area (Å²) in [5.74, 6) is 0.534. The predicted molar refractivity (Wildman–Crippen MR) is 81.3 cm³/mol. The number of anilines is 1. The molecule has 2 rings (SSSR count). The molecule has 0 fully saturated rings. The average Bonchev–Trinajstić information content (AvgIpc) is 2.41. The summed E-state index contributed by atoms with van der Waals surface area (Å²) in [5.41, 5.74) is 3.10. The number of carbonyl (C=O) groups excluding carboxylic acids is 1. The molecule has 0 aliphatic heterocycles. The van der Waals surface area contributed by atoms with Crippen molar-refractivity contribution in [1.29, 1.82) is 0 Å². The van der Waals surface area contributed by atoms with Crippen LogP contribution < -0.4 is 10.6 Å². The van der Waals surface area contributed by atoms with Gasteiger partial charge in [0.1, 0.15) is 5.82 Å². The fourth-order valence-electron chi connectivity index (χ4n) is 1.66. The highest BCUT2D eigenvalue weighted by atomic mass is 16.2. The molecule has 0 saturated heterocycles. The van der Waals surface area contributed by atoms with Crippen LogP contribution in [0.25, 0.3) is 6.08 Å². The first-order valence-electron chi connectivity index (χ1n) is 6.38. The molecule has 20 heavy (non-hydrogen) atoms. The van der Waals surface area contributed by atoms with Crippen molar-refractivity contribution in [2.75, 3.05) is 5.32 Å². The first kappa shape index (κ1) is 13.8. The fourth-order valence-corrected chi connectivity index (χ4v) is 1.66. The van der Waals surface area contributed by atoms with Gasteiger partial charge in [0.25, 0.3) is 0 Å². The van der Waals surface area contributed by atoms with Gasteiger partial charge in [-0.25, -0.2) is 9.78 Å². The molecule has 102 valence electrons. The Morgan fingerprint density at radius 2 is 1.85 bits per heavy atom. The van der Waals surface area contributed by atoms with E-state index in [-0.39, 0.29) is 6.03 Å². The van der Waals surface area contributed by atoms with Gasteiger partial charge in [-0.2, -0.15) is 0 Å². The van der Waals surface area contributed by atoms with Crippen molar-refractivity contribution in [2.24, 2.45) is 0 Å². The van der Waals surface area contributed by atoms with E-state index in [9.17, 15) is 4.79 Å². The highest BCUT2D eigenvalue weighted by Gasteiger charge is 1.99. The number of benzene rings is 1. The lowest BCUT2D eigenvalue weighted by atomic mass is 10.1. The van der Waals surface area contributed by atoms with Crippen LogP contribution in [0, 0.1) is 13.8 Å². The van der Waals surface area contributed by atoms with Crippen molar-refractivity contribution >= 4 is 17.9 Å². The third-order valence-electron chi connectivity index (χ3n) is 2.70. The van der Waals surface area contributed by atoms with Crippen LogP contribution >= 0.6 is 0 Å². The summed E-state index contributed by atoms with van der Waals surface area (Å²) in [6, 6.07) is 13.2. The number of hydrogen-bond donors (Lipinski definition) is 2. The van der Waals surface area contributed by atoms with Gasteiger partial charge in [-0.05, 0) is 37.6 Å². The Kier molecular flexibility index (Phi) is 4.50. The quantitative estimate of drug-likeness (QED) is 0.894. The van der Waals surface area contributed by atoms with Gasteiger partial charge in [0.2, 0.25) is 0 Å². The molecule has 1 aromatic heterocycles. The maximum absolute atomic E-state index is 11.7. The van der Waals surface area contributed by atoms with Gasteiger partial charge < -0.3 is 5.32 Å². The van der Waals surface area contributed by atoms with Crippen LogP contribution in [0.5, 0.6) is 0 Å². The van der Waals surface area contributed by atoms with Crippen molar-refractivity contribution < 1.29 is 4.79 Å². The molecule has 2 amide bonds. The second-order valence-corrected chi connectivity index (χ2v) is 4.51. The van der Waals surface area contributed by atoms with Gasteiger partial charge in [0.05, 0.1) is 0 Å². The normalized spacial score (nSPS) is 10.5. The van der Waals surface area contributed by atoms with E-state index in [1.807, 2.05) is 56.3 Å². The Morgan fingerprint density at radius 1 is 1.10 bits per heavy atom. The van der Waals surface area contributed by atoms with Crippen LogP contribution in [-0.4, -0.2) is 11.0 Å². The number of pyridine rings is 1. The fraction of sp³-hybridized carbons (Fsp3) is 0.125. The Labute approximate surface area is 118 Å². The first-order valence-corrected chi connectivity index (χ1v) is 6.38. The second kappa shape index (κ2) is 6.52. The summed E-state index contributed by atoms with van der Waals surface area (Å²) in [7, 11) is 0. The molecule has 2 N–H and O–H groups in total. The average molecular weight is 267 g/mol. The molecule has 1 heterocycles. The van der Waals surface area contributed by atoms with Crippen molar-refractivity contribution in [3.63, 3.8) is 0 Å². The molecule has 4 nitrogen and oxygen atoms in total. The lowest BCUT2D eigenvalue weighted by molar-refractivity contribution is 0.255. The molecule has 0 atom stereocenters. The zero-order chi connectivity index (χ0) is 14.4. The summed E-state index contributed by atoms with van der Waals surface area (Å²) < 4.78 is 0.